The van der Waals surface area contributed by atoms with E-state index in [2.05, 4.69) is 15.9 Å². The lowest BCUT2D eigenvalue weighted by Crippen LogP contribution is -2.24. The summed E-state index contributed by atoms with van der Waals surface area (Å²) >= 11 is 3.26. The third kappa shape index (κ3) is 2.23. The number of aliphatic hydroxyl groups is 1. The van der Waals surface area contributed by atoms with Gasteiger partial charge in [0.25, 0.3) is 0 Å². The van der Waals surface area contributed by atoms with Gasteiger partial charge in [0.2, 0.25) is 0 Å². The molecule has 0 fully saturated rings. The zero-order valence-electron chi connectivity index (χ0n) is 9.49. The average molecular weight is 275 g/mol. The van der Waals surface area contributed by atoms with Crippen LogP contribution in [0.1, 0.15) is 30.5 Å². The Hall–Kier alpha value is -0.410. The Balaban J connectivity index is 3.53. The molecule has 0 aliphatic heterocycles. The van der Waals surface area contributed by atoms with Gasteiger partial charge >= 0.3 is 0 Å². The van der Waals surface area contributed by atoms with Gasteiger partial charge < -0.3 is 5.11 Å². The second kappa shape index (κ2) is 4.22. The van der Waals surface area contributed by atoms with E-state index >= 15 is 0 Å². The molecule has 3 heteroatoms. The first-order valence-corrected chi connectivity index (χ1v) is 5.67. The first kappa shape index (κ1) is 12.7. The molecule has 0 saturated carbocycles. The lowest BCUT2D eigenvalue weighted by atomic mass is 9.81. The van der Waals surface area contributed by atoms with Crippen molar-refractivity contribution in [1.82, 2.24) is 0 Å². The SMILES string of the molecule is Cc1cc(F)c(Br)c(C(C)(C)CO)c1C. The highest BCUT2D eigenvalue weighted by atomic mass is 79.9. The molecule has 15 heavy (non-hydrogen) atoms. The molecule has 1 N–H and O–H groups in total. The summed E-state index contributed by atoms with van der Waals surface area (Å²) in [6.07, 6.45) is 0. The topological polar surface area (TPSA) is 20.2 Å². The smallest absolute Gasteiger partial charge is 0.137 e. The Morgan fingerprint density at radius 2 is 1.93 bits per heavy atom. The van der Waals surface area contributed by atoms with Crippen LogP contribution in [0.2, 0.25) is 0 Å². The van der Waals surface area contributed by atoms with E-state index in [1.165, 1.54) is 6.07 Å². The minimum Gasteiger partial charge on any atom is -0.395 e. The molecule has 0 unspecified atom stereocenters. The number of aliphatic hydroxyl groups excluding tert-OH is 1. The highest BCUT2D eigenvalue weighted by Gasteiger charge is 2.26. The molecule has 0 heterocycles. The monoisotopic (exact) mass is 274 g/mol. The van der Waals surface area contributed by atoms with E-state index < -0.39 is 5.41 Å². The van der Waals surface area contributed by atoms with E-state index in [-0.39, 0.29) is 12.4 Å². The molecule has 84 valence electrons. The largest absolute Gasteiger partial charge is 0.395 e. The quantitative estimate of drug-likeness (QED) is 0.876. The summed E-state index contributed by atoms with van der Waals surface area (Å²) in [5.41, 5.74) is 2.35. The van der Waals surface area contributed by atoms with E-state index in [0.29, 0.717) is 4.47 Å². The van der Waals surface area contributed by atoms with Crippen molar-refractivity contribution in [3.63, 3.8) is 0 Å². The molecule has 0 saturated heterocycles. The van der Waals surface area contributed by atoms with Crippen LogP contribution in [0.25, 0.3) is 0 Å². The van der Waals surface area contributed by atoms with Crippen LogP contribution in [0, 0.1) is 19.7 Å². The van der Waals surface area contributed by atoms with Crippen molar-refractivity contribution >= 4 is 15.9 Å². The van der Waals surface area contributed by atoms with Crippen LogP contribution in [-0.2, 0) is 5.41 Å². The molecule has 1 aromatic rings. The van der Waals surface area contributed by atoms with Crippen LogP contribution in [0.5, 0.6) is 0 Å². The van der Waals surface area contributed by atoms with E-state index in [9.17, 15) is 9.50 Å². The van der Waals surface area contributed by atoms with Gasteiger partial charge in [0.1, 0.15) is 5.82 Å². The zero-order valence-corrected chi connectivity index (χ0v) is 11.1. The van der Waals surface area contributed by atoms with Gasteiger partial charge in [-0.05, 0) is 52.5 Å². The van der Waals surface area contributed by atoms with Gasteiger partial charge in [-0.3, -0.25) is 0 Å². The molecule has 0 bridgehead atoms. The van der Waals surface area contributed by atoms with Gasteiger partial charge in [-0.15, -0.1) is 0 Å². The molecule has 0 atom stereocenters. The first-order chi connectivity index (χ1) is 6.81. The average Bonchev–Trinajstić information content (AvgIpc) is 2.15. The highest BCUT2D eigenvalue weighted by molar-refractivity contribution is 9.10. The summed E-state index contributed by atoms with van der Waals surface area (Å²) in [6.45, 7) is 7.63. The Kier molecular flexibility index (Phi) is 3.56. The van der Waals surface area contributed by atoms with Gasteiger partial charge in [-0.2, -0.15) is 0 Å². The van der Waals surface area contributed by atoms with Crippen molar-refractivity contribution in [3.05, 3.63) is 33.0 Å². The number of benzene rings is 1. The van der Waals surface area contributed by atoms with E-state index in [0.717, 1.165) is 16.7 Å². The number of hydrogen-bond acceptors (Lipinski definition) is 1. The van der Waals surface area contributed by atoms with Gasteiger partial charge in [0.05, 0.1) is 11.1 Å². The van der Waals surface area contributed by atoms with Crippen molar-refractivity contribution in [3.8, 4) is 0 Å². The molecule has 1 rings (SSSR count). The maximum atomic E-state index is 13.6. The van der Waals surface area contributed by atoms with Crippen LogP contribution in [-0.4, -0.2) is 11.7 Å². The Labute approximate surface area is 98.4 Å². The Bertz CT molecular complexity index is 359. The van der Waals surface area contributed by atoms with E-state index in [1.54, 1.807) is 0 Å². The maximum Gasteiger partial charge on any atom is 0.137 e. The van der Waals surface area contributed by atoms with Crippen LogP contribution >= 0.6 is 15.9 Å². The second-order valence-corrected chi connectivity index (χ2v) is 5.32. The fourth-order valence-electron chi connectivity index (χ4n) is 1.73. The lowest BCUT2D eigenvalue weighted by Gasteiger charge is -2.27. The molecule has 0 amide bonds. The van der Waals surface area contributed by atoms with E-state index in [1.807, 2.05) is 27.7 Å². The predicted octanol–water partition coefficient (Wildman–Crippen LogP) is 3.47. The van der Waals surface area contributed by atoms with Crippen molar-refractivity contribution in [1.29, 1.82) is 0 Å². The lowest BCUT2D eigenvalue weighted by molar-refractivity contribution is 0.217. The van der Waals surface area contributed by atoms with Crippen molar-refractivity contribution in [2.24, 2.45) is 0 Å². The summed E-state index contributed by atoms with van der Waals surface area (Å²) in [6, 6.07) is 1.51. The third-order valence-corrected chi connectivity index (χ3v) is 3.59. The van der Waals surface area contributed by atoms with Gasteiger partial charge in [-0.25, -0.2) is 4.39 Å². The first-order valence-electron chi connectivity index (χ1n) is 4.88. The number of aryl methyl sites for hydroxylation is 1. The Morgan fingerprint density at radius 1 is 1.40 bits per heavy atom. The molecule has 0 aliphatic rings. The van der Waals surface area contributed by atoms with Gasteiger partial charge in [0, 0.05) is 5.41 Å². The van der Waals surface area contributed by atoms with Crippen molar-refractivity contribution in [2.75, 3.05) is 6.61 Å². The molecule has 0 aromatic heterocycles. The highest BCUT2D eigenvalue weighted by Crippen LogP contribution is 2.35. The van der Waals surface area contributed by atoms with Crippen LogP contribution in [0.15, 0.2) is 10.5 Å². The van der Waals surface area contributed by atoms with E-state index in [4.69, 9.17) is 0 Å². The fourth-order valence-corrected chi connectivity index (χ4v) is 2.68. The fraction of sp³-hybridized carbons (Fsp3) is 0.500. The van der Waals surface area contributed by atoms with Crippen LogP contribution in [0.4, 0.5) is 4.39 Å². The summed E-state index contributed by atoms with van der Waals surface area (Å²) in [4.78, 5) is 0. The summed E-state index contributed by atoms with van der Waals surface area (Å²) in [7, 11) is 0. The number of rotatable bonds is 2. The summed E-state index contributed by atoms with van der Waals surface area (Å²) in [5.74, 6) is -0.269. The molecular formula is C12H16BrFO. The van der Waals surface area contributed by atoms with Gasteiger partial charge in [0.15, 0.2) is 0 Å². The Morgan fingerprint density at radius 3 is 2.40 bits per heavy atom. The van der Waals surface area contributed by atoms with Gasteiger partial charge in [-0.1, -0.05) is 13.8 Å². The zero-order chi connectivity index (χ0) is 11.8. The number of hydrogen-bond donors (Lipinski definition) is 1. The minimum atomic E-state index is -0.435. The third-order valence-electron chi connectivity index (χ3n) is 2.81. The maximum absolute atomic E-state index is 13.6. The summed E-state index contributed by atoms with van der Waals surface area (Å²) in [5, 5.41) is 9.33. The summed E-state index contributed by atoms with van der Waals surface area (Å²) < 4.78 is 14.0. The van der Waals surface area contributed by atoms with Crippen molar-refractivity contribution < 1.29 is 9.50 Å². The molecule has 0 radical (unpaired) electrons. The normalized spacial score (nSPS) is 11.9. The van der Waals surface area contributed by atoms with Crippen LogP contribution < -0.4 is 0 Å². The molecule has 1 aromatic carbocycles. The second-order valence-electron chi connectivity index (χ2n) is 4.53. The predicted molar refractivity (Wildman–Crippen MR) is 63.7 cm³/mol. The minimum absolute atomic E-state index is 0.00463. The molecule has 0 spiro atoms. The van der Waals surface area contributed by atoms with Crippen LogP contribution in [0.3, 0.4) is 0 Å². The standard InChI is InChI=1S/C12H16BrFO/c1-7-5-9(14)11(13)10(8(7)2)12(3,4)6-15/h5,15H,6H2,1-4H3. The molecular weight excluding hydrogens is 259 g/mol. The molecule has 0 aliphatic carbocycles. The van der Waals surface area contributed by atoms with Crippen molar-refractivity contribution in [2.45, 2.75) is 33.1 Å². The molecule has 1 nitrogen and oxygen atoms in total. The number of halogens is 2.